The van der Waals surface area contributed by atoms with E-state index in [4.69, 9.17) is 0 Å². The molecular weight excluding hydrogens is 353 g/mol. The summed E-state index contributed by atoms with van der Waals surface area (Å²) in [5.74, 6) is 0.529. The van der Waals surface area contributed by atoms with E-state index in [0.29, 0.717) is 5.92 Å². The Hall–Kier alpha value is 0.0981. The van der Waals surface area contributed by atoms with Gasteiger partial charge in [-0.2, -0.15) is 0 Å². The molecule has 0 saturated carbocycles. The van der Waals surface area contributed by atoms with Gasteiger partial charge in [-0.15, -0.1) is 0 Å². The van der Waals surface area contributed by atoms with Gasteiger partial charge in [0.05, 0.1) is 0 Å². The van der Waals surface area contributed by atoms with E-state index in [2.05, 4.69) is 57.2 Å². The summed E-state index contributed by atoms with van der Waals surface area (Å²) in [4.78, 5) is 0. The number of rotatable bonds is 1. The summed E-state index contributed by atoms with van der Waals surface area (Å²) in [7, 11) is 0. The molecule has 0 aromatic carbocycles. The molecule has 1 heterocycles. The first-order valence-corrected chi connectivity index (χ1v) is 5.91. The second-order valence-electron chi connectivity index (χ2n) is 4.83. The van der Waals surface area contributed by atoms with Crippen molar-refractivity contribution in [3.8, 4) is 0 Å². The summed E-state index contributed by atoms with van der Waals surface area (Å²) in [6.45, 7) is 6.81. The first-order chi connectivity index (χ1) is 7.77. The van der Waals surface area contributed by atoms with Gasteiger partial charge in [-0.1, -0.05) is 0 Å². The predicted octanol–water partition coefficient (Wildman–Crippen LogP) is -2.83. The Morgan fingerprint density at radius 1 is 1.16 bits per heavy atom. The number of fused-ring (bicyclic) bond motifs is 1. The number of hydrogen-bond acceptors (Lipinski definition) is 0. The van der Waals surface area contributed by atoms with Crippen LogP contribution in [0.25, 0.3) is 0 Å². The van der Waals surface area contributed by atoms with Gasteiger partial charge in [0.25, 0.3) is 0 Å². The van der Waals surface area contributed by atoms with Crippen molar-refractivity contribution < 1.29 is 51.0 Å². The van der Waals surface area contributed by atoms with Crippen molar-refractivity contribution in [2.45, 2.75) is 20.3 Å². The fraction of sp³-hybridized carbons (Fsp3) is 0.267. The van der Waals surface area contributed by atoms with Crippen LogP contribution in [0, 0.1) is 5.92 Å². The number of hydrogen-bond donors (Lipinski definition) is 0. The minimum absolute atomic E-state index is 0. The van der Waals surface area contributed by atoms with Gasteiger partial charge in [0.1, 0.15) is 0 Å². The van der Waals surface area contributed by atoms with Gasteiger partial charge in [-0.3, -0.25) is 0 Å². The standard InChI is InChI=1S/C15H15B.2ClH.Zr/c1-10(2)14-12-8-5-9-13(12)16-15(14)11-6-3-4-7-11;;;/h3-6,8-9,12H,7H2,1-2H3;2*1H;/q;;;+2/p-2. The van der Waals surface area contributed by atoms with Crippen molar-refractivity contribution >= 4 is 12.4 Å². The summed E-state index contributed by atoms with van der Waals surface area (Å²) in [5, 5.41) is 0. The molecule has 0 aromatic rings. The van der Waals surface area contributed by atoms with Crippen LogP contribution in [0.1, 0.15) is 20.3 Å². The molecule has 1 atom stereocenters. The van der Waals surface area contributed by atoms with Crippen LogP contribution in [0.4, 0.5) is 0 Å². The Balaban J connectivity index is 0.00000108. The molecule has 0 fully saturated rings. The second-order valence-corrected chi connectivity index (χ2v) is 4.83. The maximum atomic E-state index is 2.37. The molecule has 3 aliphatic rings. The molecule has 0 radical (unpaired) electrons. The van der Waals surface area contributed by atoms with Crippen LogP contribution >= 0.6 is 0 Å². The summed E-state index contributed by atoms with van der Waals surface area (Å²) < 4.78 is 0. The van der Waals surface area contributed by atoms with E-state index in [-0.39, 0.29) is 51.0 Å². The summed E-state index contributed by atoms with van der Waals surface area (Å²) in [6.07, 6.45) is 14.5. The van der Waals surface area contributed by atoms with Crippen LogP contribution in [-0.4, -0.2) is 12.4 Å². The van der Waals surface area contributed by atoms with Crippen molar-refractivity contribution in [1.82, 2.24) is 0 Å². The monoisotopic (exact) mass is 366 g/mol. The zero-order chi connectivity index (χ0) is 11.1. The van der Waals surface area contributed by atoms with Gasteiger partial charge in [-0.05, 0) is 0 Å². The Kier molecular flexibility index (Phi) is 7.81. The third-order valence-corrected chi connectivity index (χ3v) is 3.52. The van der Waals surface area contributed by atoms with Crippen LogP contribution < -0.4 is 24.8 Å². The van der Waals surface area contributed by atoms with E-state index in [1.807, 2.05) is 0 Å². The molecule has 1 aliphatic heterocycles. The quantitative estimate of drug-likeness (QED) is 0.438. The van der Waals surface area contributed by atoms with Gasteiger partial charge in [-0.25, -0.2) is 0 Å². The van der Waals surface area contributed by atoms with Crippen LogP contribution in [0.5, 0.6) is 0 Å². The van der Waals surface area contributed by atoms with E-state index in [9.17, 15) is 0 Å². The van der Waals surface area contributed by atoms with Gasteiger partial charge in [0.2, 0.25) is 0 Å². The van der Waals surface area contributed by atoms with Crippen molar-refractivity contribution in [2.24, 2.45) is 5.92 Å². The van der Waals surface area contributed by atoms with E-state index >= 15 is 0 Å². The zero-order valence-electron chi connectivity index (χ0n) is 11.1. The largest absolute Gasteiger partial charge is 2.00 e. The SMILES string of the molecule is CC(C)=C1C(C2=CC=CC2)=BC2=CC=CC21.[Cl-].[Cl-].[Zr+2]. The smallest absolute Gasteiger partial charge is 1.00 e. The van der Waals surface area contributed by atoms with E-state index in [1.54, 1.807) is 0 Å². The van der Waals surface area contributed by atoms with Gasteiger partial charge in [0, 0.05) is 0 Å². The van der Waals surface area contributed by atoms with Crippen LogP contribution in [0.2, 0.25) is 0 Å². The molecule has 96 valence electrons. The second kappa shape index (κ2) is 7.77. The minimum atomic E-state index is 0. The molecule has 2 aliphatic carbocycles. The van der Waals surface area contributed by atoms with Crippen molar-refractivity contribution in [1.29, 1.82) is 0 Å². The summed E-state index contributed by atoms with van der Waals surface area (Å²) >= 11 is 0. The Morgan fingerprint density at radius 2 is 1.89 bits per heavy atom. The first-order valence-electron chi connectivity index (χ1n) is 5.91. The molecule has 1 unspecified atom stereocenters. The first kappa shape index (κ1) is 19.1. The summed E-state index contributed by atoms with van der Waals surface area (Å²) in [6, 6.07) is 0. The Morgan fingerprint density at radius 3 is 2.47 bits per heavy atom. The molecule has 0 aromatic heterocycles. The molecule has 0 bridgehead atoms. The van der Waals surface area contributed by atoms with Crippen LogP contribution in [-0.2, 0) is 26.2 Å². The number of allylic oxidation sites excluding steroid dienone is 10. The van der Waals surface area contributed by atoms with E-state index in [1.165, 1.54) is 27.7 Å². The molecule has 4 heteroatoms. The maximum absolute atomic E-state index is 2.37. The third-order valence-electron chi connectivity index (χ3n) is 3.52. The van der Waals surface area contributed by atoms with Gasteiger partial charge >= 0.3 is 123 Å². The van der Waals surface area contributed by atoms with Crippen molar-refractivity contribution in [3.05, 3.63) is 58.6 Å². The average Bonchev–Trinajstić information content (AvgIpc) is 2.92. The van der Waals surface area contributed by atoms with E-state index < -0.39 is 0 Å². The zero-order valence-corrected chi connectivity index (χ0v) is 15.1. The molecule has 0 nitrogen and oxygen atoms in total. The van der Waals surface area contributed by atoms with E-state index in [0.717, 1.165) is 6.42 Å². The molecule has 0 spiro atoms. The predicted molar refractivity (Wildman–Crippen MR) is 71.7 cm³/mol. The molecular formula is C15H15BCl2Zr. The average molecular weight is 368 g/mol. The molecule has 19 heavy (non-hydrogen) atoms. The van der Waals surface area contributed by atoms with Gasteiger partial charge < -0.3 is 24.8 Å². The molecule has 0 saturated heterocycles. The summed E-state index contributed by atoms with van der Waals surface area (Å²) in [5.41, 5.74) is 7.36. The fourth-order valence-electron chi connectivity index (χ4n) is 2.80. The van der Waals surface area contributed by atoms with Crippen molar-refractivity contribution in [3.63, 3.8) is 0 Å². The molecule has 0 N–H and O–H groups in total. The normalized spacial score (nSPS) is 21.3. The van der Waals surface area contributed by atoms with Crippen molar-refractivity contribution in [2.75, 3.05) is 0 Å². The fourth-order valence-corrected chi connectivity index (χ4v) is 2.80. The van der Waals surface area contributed by atoms with Gasteiger partial charge in [0.15, 0.2) is 0 Å². The molecule has 3 rings (SSSR count). The Bertz CT molecular complexity index is 532. The third kappa shape index (κ3) is 3.41. The van der Waals surface area contributed by atoms with Crippen LogP contribution in [0.3, 0.4) is 0 Å². The maximum Gasteiger partial charge on any atom is 2.00 e. The topological polar surface area (TPSA) is 0 Å². The van der Waals surface area contributed by atoms with Crippen LogP contribution in [0.15, 0.2) is 58.6 Å². The minimum Gasteiger partial charge on any atom is -1.00 e. The number of halogens is 2. The Labute approximate surface area is 147 Å². The molecule has 0 amide bonds.